The second kappa shape index (κ2) is 9.82. The third kappa shape index (κ3) is 5.41. The molecule has 5 nitrogen and oxygen atoms in total. The van der Waals surface area contributed by atoms with E-state index in [4.69, 9.17) is 0 Å². The zero-order valence-corrected chi connectivity index (χ0v) is 16.9. The lowest BCUT2D eigenvalue weighted by atomic mass is 10.1. The number of halogens is 1. The highest BCUT2D eigenvalue weighted by Crippen LogP contribution is 2.40. The number of nitrogens with zero attached hydrogens (tertiary/aromatic N) is 2. The number of aryl methyl sites for hydroxylation is 1. The first-order valence-corrected chi connectivity index (χ1v) is 10.4. The molecule has 2 aromatic rings. The normalized spacial score (nSPS) is 18.2. The number of benzene rings is 1. The molecule has 1 aromatic carbocycles. The maximum absolute atomic E-state index is 13.0. The first-order chi connectivity index (χ1) is 13.6. The molecule has 0 bridgehead atoms. The van der Waals surface area contributed by atoms with Crippen LogP contribution in [0.4, 0.5) is 10.2 Å². The third-order valence-electron chi connectivity index (χ3n) is 5.21. The largest absolute Gasteiger partial charge is 0.352 e. The van der Waals surface area contributed by atoms with E-state index >= 15 is 0 Å². The molecule has 0 aliphatic heterocycles. The zero-order valence-electron chi connectivity index (χ0n) is 16.9. The van der Waals surface area contributed by atoms with Gasteiger partial charge in [0.2, 0.25) is 0 Å². The van der Waals surface area contributed by atoms with Gasteiger partial charge in [0.15, 0.2) is 5.82 Å². The highest BCUT2D eigenvalue weighted by atomic mass is 19.1. The van der Waals surface area contributed by atoms with Crippen molar-refractivity contribution in [2.75, 3.05) is 24.5 Å². The molecular formula is C22H31FN4O. The summed E-state index contributed by atoms with van der Waals surface area (Å²) in [6.45, 7) is 6.84. The number of H-pyrrole nitrogens is 1. The smallest absolute Gasteiger partial charge is 0.290 e. The third-order valence-corrected chi connectivity index (χ3v) is 5.21. The molecule has 1 aliphatic rings. The Bertz CT molecular complexity index is 799. The van der Waals surface area contributed by atoms with Crippen LogP contribution in [0.3, 0.4) is 0 Å². The summed E-state index contributed by atoms with van der Waals surface area (Å²) >= 11 is 0. The van der Waals surface area contributed by atoms with Crippen LogP contribution in [0, 0.1) is 5.82 Å². The minimum absolute atomic E-state index is 0.108. The van der Waals surface area contributed by atoms with E-state index in [0.717, 1.165) is 57.4 Å². The van der Waals surface area contributed by atoms with E-state index in [1.165, 1.54) is 17.7 Å². The quantitative estimate of drug-likeness (QED) is 0.579. The molecule has 0 amide bonds. The van der Waals surface area contributed by atoms with Crippen LogP contribution in [0.2, 0.25) is 0 Å². The lowest BCUT2D eigenvalue weighted by Gasteiger charge is -2.21. The van der Waals surface area contributed by atoms with Crippen molar-refractivity contribution in [2.45, 2.75) is 57.9 Å². The van der Waals surface area contributed by atoms with Crippen molar-refractivity contribution in [3.05, 3.63) is 57.9 Å². The van der Waals surface area contributed by atoms with Gasteiger partial charge in [-0.3, -0.25) is 4.79 Å². The van der Waals surface area contributed by atoms with E-state index in [2.05, 4.69) is 34.0 Å². The maximum atomic E-state index is 13.0. The zero-order chi connectivity index (χ0) is 19.9. The van der Waals surface area contributed by atoms with Crippen molar-refractivity contribution in [1.82, 2.24) is 15.3 Å². The van der Waals surface area contributed by atoms with Crippen LogP contribution in [-0.4, -0.2) is 35.6 Å². The molecule has 0 saturated heterocycles. The Balaban J connectivity index is 1.47. The van der Waals surface area contributed by atoms with Crippen molar-refractivity contribution >= 4 is 5.82 Å². The topological polar surface area (TPSA) is 61.0 Å². The number of nitrogens with one attached hydrogen (secondary N) is 2. The number of aromatic nitrogens is 2. The van der Waals surface area contributed by atoms with Crippen molar-refractivity contribution < 1.29 is 4.39 Å². The molecule has 6 heteroatoms. The molecule has 1 fully saturated rings. The van der Waals surface area contributed by atoms with Gasteiger partial charge in [-0.1, -0.05) is 26.0 Å². The fourth-order valence-electron chi connectivity index (χ4n) is 3.69. The van der Waals surface area contributed by atoms with E-state index in [1.807, 2.05) is 12.1 Å². The van der Waals surface area contributed by atoms with Crippen LogP contribution in [0.15, 0.2) is 35.3 Å². The van der Waals surface area contributed by atoms with Gasteiger partial charge < -0.3 is 15.2 Å². The summed E-state index contributed by atoms with van der Waals surface area (Å²) < 4.78 is 13.0. The SMILES string of the molecule is CCCN(CCC)c1nc(CCCN[C@@H]2C[C@H]2c2ccc(F)cc2)c[nH]c1=O. The van der Waals surface area contributed by atoms with Gasteiger partial charge in [0.1, 0.15) is 5.82 Å². The molecule has 152 valence electrons. The number of anilines is 1. The average molecular weight is 387 g/mol. The Morgan fingerprint density at radius 1 is 1.21 bits per heavy atom. The summed E-state index contributed by atoms with van der Waals surface area (Å²) in [6.07, 6.45) is 6.62. The van der Waals surface area contributed by atoms with Gasteiger partial charge in [-0.25, -0.2) is 9.37 Å². The van der Waals surface area contributed by atoms with Crippen LogP contribution in [0.1, 0.15) is 56.7 Å². The van der Waals surface area contributed by atoms with E-state index < -0.39 is 0 Å². The molecule has 2 N–H and O–H groups in total. The summed E-state index contributed by atoms with van der Waals surface area (Å²) in [7, 11) is 0. The van der Waals surface area contributed by atoms with Crippen LogP contribution < -0.4 is 15.8 Å². The predicted octanol–water partition coefficient (Wildman–Crippen LogP) is 3.61. The molecule has 0 unspecified atom stereocenters. The molecule has 1 saturated carbocycles. The number of rotatable bonds is 11. The van der Waals surface area contributed by atoms with Crippen LogP contribution in [-0.2, 0) is 6.42 Å². The summed E-state index contributed by atoms with van der Waals surface area (Å²) in [6, 6.07) is 7.31. The lowest BCUT2D eigenvalue weighted by Crippen LogP contribution is -2.32. The minimum Gasteiger partial charge on any atom is -0.352 e. The van der Waals surface area contributed by atoms with Gasteiger partial charge in [0.05, 0.1) is 5.69 Å². The van der Waals surface area contributed by atoms with Crippen molar-refractivity contribution in [3.8, 4) is 0 Å². The van der Waals surface area contributed by atoms with E-state index in [9.17, 15) is 9.18 Å². The van der Waals surface area contributed by atoms with Crippen LogP contribution in [0.5, 0.6) is 0 Å². The van der Waals surface area contributed by atoms with Crippen molar-refractivity contribution in [2.24, 2.45) is 0 Å². The molecule has 1 aliphatic carbocycles. The summed E-state index contributed by atoms with van der Waals surface area (Å²) in [5.74, 6) is 0.862. The van der Waals surface area contributed by atoms with E-state index in [0.29, 0.717) is 17.8 Å². The first kappa shape index (κ1) is 20.5. The van der Waals surface area contributed by atoms with Gasteiger partial charge in [-0.05, 0) is 56.3 Å². The molecule has 2 atom stereocenters. The van der Waals surface area contributed by atoms with Gasteiger partial charge >= 0.3 is 0 Å². The number of hydrogen-bond donors (Lipinski definition) is 2. The first-order valence-electron chi connectivity index (χ1n) is 10.4. The summed E-state index contributed by atoms with van der Waals surface area (Å²) in [5, 5.41) is 3.58. The fraction of sp³-hybridized carbons (Fsp3) is 0.545. The number of aromatic amines is 1. The molecule has 0 spiro atoms. The summed E-state index contributed by atoms with van der Waals surface area (Å²) in [5.41, 5.74) is 2.03. The lowest BCUT2D eigenvalue weighted by molar-refractivity contribution is 0.622. The molecule has 0 radical (unpaired) electrons. The molecule has 1 heterocycles. The highest BCUT2D eigenvalue weighted by Gasteiger charge is 2.37. The Kier molecular flexibility index (Phi) is 7.20. The average Bonchev–Trinajstić information content (AvgIpc) is 3.46. The van der Waals surface area contributed by atoms with Crippen LogP contribution >= 0.6 is 0 Å². The van der Waals surface area contributed by atoms with E-state index in [1.54, 1.807) is 6.20 Å². The van der Waals surface area contributed by atoms with Gasteiger partial charge in [-0.2, -0.15) is 0 Å². The highest BCUT2D eigenvalue weighted by molar-refractivity contribution is 5.36. The molecule has 1 aromatic heterocycles. The molecule has 3 rings (SSSR count). The number of hydrogen-bond acceptors (Lipinski definition) is 4. The van der Waals surface area contributed by atoms with Crippen molar-refractivity contribution in [1.29, 1.82) is 0 Å². The fourth-order valence-corrected chi connectivity index (χ4v) is 3.69. The Labute approximate surface area is 166 Å². The standard InChI is InChI=1S/C22H31FN4O/c1-3-12-27(13-4-2)21-22(28)25-15-18(26-21)6-5-11-24-20-14-19(20)16-7-9-17(23)10-8-16/h7-10,15,19-20,24H,3-6,11-14H2,1-2H3,(H,25,28)/t19-,20+/m0/s1. The van der Waals surface area contributed by atoms with Crippen molar-refractivity contribution in [3.63, 3.8) is 0 Å². The second-order valence-electron chi connectivity index (χ2n) is 7.59. The van der Waals surface area contributed by atoms with Gasteiger partial charge in [0, 0.05) is 31.2 Å². The molecule has 28 heavy (non-hydrogen) atoms. The minimum atomic E-state index is -0.182. The molecular weight excluding hydrogens is 355 g/mol. The van der Waals surface area contributed by atoms with Crippen LogP contribution in [0.25, 0.3) is 0 Å². The van der Waals surface area contributed by atoms with E-state index in [-0.39, 0.29) is 11.4 Å². The van der Waals surface area contributed by atoms with Gasteiger partial charge in [-0.15, -0.1) is 0 Å². The Morgan fingerprint density at radius 3 is 2.61 bits per heavy atom. The maximum Gasteiger partial charge on any atom is 0.290 e. The Morgan fingerprint density at radius 2 is 1.93 bits per heavy atom. The second-order valence-corrected chi connectivity index (χ2v) is 7.59. The monoisotopic (exact) mass is 386 g/mol. The Hall–Kier alpha value is -2.21. The summed E-state index contributed by atoms with van der Waals surface area (Å²) in [4.78, 5) is 21.7. The predicted molar refractivity (Wildman–Crippen MR) is 112 cm³/mol. The van der Waals surface area contributed by atoms with Gasteiger partial charge in [0.25, 0.3) is 5.56 Å².